The van der Waals surface area contributed by atoms with Crippen LogP contribution in [0.1, 0.15) is 6.92 Å². The maximum atomic E-state index is 3.64. The molecule has 0 saturated heterocycles. The summed E-state index contributed by atoms with van der Waals surface area (Å²) in [6, 6.07) is 0. The van der Waals surface area contributed by atoms with Crippen molar-refractivity contribution in [1.82, 2.24) is 10.6 Å². The van der Waals surface area contributed by atoms with Crippen LogP contribution >= 0.6 is 0 Å². The Balaban J connectivity index is 4.18. The molecular weight excluding hydrogens is 112 g/mol. The van der Waals surface area contributed by atoms with Crippen LogP contribution in [0.3, 0.4) is 0 Å². The van der Waals surface area contributed by atoms with E-state index in [4.69, 9.17) is 0 Å². The predicted molar refractivity (Wildman–Crippen MR) is 41.0 cm³/mol. The molecule has 0 heterocycles. The van der Waals surface area contributed by atoms with Gasteiger partial charge in [-0.3, -0.25) is 0 Å². The normalized spacial score (nSPS) is 11.9. The van der Waals surface area contributed by atoms with Gasteiger partial charge in [-0.1, -0.05) is 6.58 Å². The largest absolute Gasteiger partial charge is 0.390 e. The zero-order chi connectivity index (χ0) is 7.28. The van der Waals surface area contributed by atoms with E-state index in [1.54, 1.807) is 6.08 Å². The highest BCUT2D eigenvalue weighted by Crippen LogP contribution is 1.94. The molecule has 2 N–H and O–H groups in total. The number of hydrogen-bond donors (Lipinski definition) is 2. The van der Waals surface area contributed by atoms with Gasteiger partial charge in [-0.2, -0.15) is 0 Å². The van der Waals surface area contributed by atoms with E-state index in [2.05, 4.69) is 17.2 Å². The first kappa shape index (κ1) is 8.08. The number of hydrogen-bond acceptors (Lipinski definition) is 2. The third-order valence-corrected chi connectivity index (χ3v) is 1.25. The number of likely N-dealkylation sites (N-methyl/N-ethyl adjacent to an activating group) is 1. The molecule has 52 valence electrons. The first-order valence-corrected chi connectivity index (χ1v) is 2.95. The minimum Gasteiger partial charge on any atom is -0.390 e. The second-order valence-corrected chi connectivity index (χ2v) is 1.74. The summed E-state index contributed by atoms with van der Waals surface area (Å²) in [5, 5.41) is 6.01. The van der Waals surface area contributed by atoms with E-state index in [0.29, 0.717) is 0 Å². The summed E-state index contributed by atoms with van der Waals surface area (Å²) in [4.78, 5) is 0. The first-order valence-electron chi connectivity index (χ1n) is 2.95. The van der Waals surface area contributed by atoms with Crippen LogP contribution < -0.4 is 10.6 Å². The maximum absolute atomic E-state index is 3.64. The van der Waals surface area contributed by atoms with Crippen molar-refractivity contribution < 1.29 is 0 Å². The topological polar surface area (TPSA) is 24.1 Å². The van der Waals surface area contributed by atoms with Crippen molar-refractivity contribution in [3.05, 3.63) is 24.0 Å². The fraction of sp³-hybridized carbons (Fsp3) is 0.429. The van der Waals surface area contributed by atoms with E-state index < -0.39 is 0 Å². The molecule has 0 bridgehead atoms. The molecule has 9 heavy (non-hydrogen) atoms. The van der Waals surface area contributed by atoms with Crippen LogP contribution in [-0.4, -0.2) is 14.1 Å². The lowest BCUT2D eigenvalue weighted by Gasteiger charge is -2.05. The molecule has 0 fully saturated rings. The van der Waals surface area contributed by atoms with Crippen molar-refractivity contribution in [2.75, 3.05) is 14.1 Å². The fourth-order valence-electron chi connectivity index (χ4n) is 0.577. The maximum Gasteiger partial charge on any atom is 0.0521 e. The van der Waals surface area contributed by atoms with E-state index in [-0.39, 0.29) is 0 Å². The molecule has 0 aliphatic carbocycles. The summed E-state index contributed by atoms with van der Waals surface area (Å²) >= 11 is 0. The van der Waals surface area contributed by atoms with E-state index in [9.17, 15) is 0 Å². The lowest BCUT2D eigenvalue weighted by atomic mass is 10.3. The van der Waals surface area contributed by atoms with Gasteiger partial charge >= 0.3 is 0 Å². The SMILES string of the molecule is C=C/C(NC)=C(/C)NC. The quantitative estimate of drug-likeness (QED) is 0.548. The molecule has 0 unspecified atom stereocenters. The highest BCUT2D eigenvalue weighted by molar-refractivity contribution is 5.18. The van der Waals surface area contributed by atoms with Crippen LogP contribution in [0.5, 0.6) is 0 Å². The number of nitrogens with one attached hydrogen (secondary N) is 2. The average Bonchev–Trinajstić information content (AvgIpc) is 1.90. The molecule has 0 atom stereocenters. The van der Waals surface area contributed by atoms with Gasteiger partial charge in [-0.05, 0) is 13.0 Å². The minimum atomic E-state index is 1.04. The summed E-state index contributed by atoms with van der Waals surface area (Å²) in [5.74, 6) is 0. The van der Waals surface area contributed by atoms with Crippen LogP contribution in [0, 0.1) is 0 Å². The van der Waals surface area contributed by atoms with Gasteiger partial charge in [-0.15, -0.1) is 0 Å². The van der Waals surface area contributed by atoms with E-state index >= 15 is 0 Å². The molecule has 0 aromatic heterocycles. The number of allylic oxidation sites excluding steroid dienone is 2. The van der Waals surface area contributed by atoms with Crippen molar-refractivity contribution in [2.24, 2.45) is 0 Å². The molecule has 0 radical (unpaired) electrons. The molecule has 0 saturated carbocycles. The van der Waals surface area contributed by atoms with Crippen molar-refractivity contribution in [2.45, 2.75) is 6.92 Å². The van der Waals surface area contributed by atoms with Crippen LogP contribution in [0.25, 0.3) is 0 Å². The lowest BCUT2D eigenvalue weighted by molar-refractivity contribution is 0.905. The van der Waals surface area contributed by atoms with Gasteiger partial charge in [0.05, 0.1) is 5.70 Å². The molecule has 0 rings (SSSR count). The zero-order valence-electron chi connectivity index (χ0n) is 6.28. The van der Waals surface area contributed by atoms with Gasteiger partial charge in [0.15, 0.2) is 0 Å². The summed E-state index contributed by atoms with van der Waals surface area (Å²) in [6.07, 6.45) is 1.78. The summed E-state index contributed by atoms with van der Waals surface area (Å²) in [6.45, 7) is 5.63. The third kappa shape index (κ3) is 2.22. The molecule has 0 aliphatic heterocycles. The lowest BCUT2D eigenvalue weighted by Crippen LogP contribution is -2.13. The second-order valence-electron chi connectivity index (χ2n) is 1.74. The molecule has 0 amide bonds. The molecule has 0 aromatic carbocycles. The zero-order valence-corrected chi connectivity index (χ0v) is 6.28. The van der Waals surface area contributed by atoms with Gasteiger partial charge in [0.1, 0.15) is 0 Å². The van der Waals surface area contributed by atoms with Crippen molar-refractivity contribution in [1.29, 1.82) is 0 Å². The van der Waals surface area contributed by atoms with E-state index in [0.717, 1.165) is 11.4 Å². The minimum absolute atomic E-state index is 1.04. The molecule has 2 nitrogen and oxygen atoms in total. The van der Waals surface area contributed by atoms with Gasteiger partial charge in [0.25, 0.3) is 0 Å². The van der Waals surface area contributed by atoms with Crippen LogP contribution in [0.4, 0.5) is 0 Å². The summed E-state index contributed by atoms with van der Waals surface area (Å²) in [7, 11) is 3.76. The average molecular weight is 126 g/mol. The Bertz CT molecular complexity index is 125. The number of rotatable bonds is 3. The molecular formula is C7H14N2. The highest BCUT2D eigenvalue weighted by atomic mass is 14.9. The second kappa shape index (κ2) is 4.01. The molecule has 0 spiro atoms. The Morgan fingerprint density at radius 3 is 2.00 bits per heavy atom. The first-order chi connectivity index (χ1) is 4.26. The highest BCUT2D eigenvalue weighted by Gasteiger charge is 1.89. The van der Waals surface area contributed by atoms with Gasteiger partial charge in [0.2, 0.25) is 0 Å². The van der Waals surface area contributed by atoms with Gasteiger partial charge < -0.3 is 10.6 Å². The standard InChI is InChI=1S/C7H14N2/c1-5-7(9-4)6(2)8-3/h5,8-9H,1H2,2-4H3/b7-6+. The smallest absolute Gasteiger partial charge is 0.0521 e. The Morgan fingerprint density at radius 1 is 1.33 bits per heavy atom. The molecule has 0 aromatic rings. The van der Waals surface area contributed by atoms with Crippen LogP contribution in [0.15, 0.2) is 24.0 Å². The molecule has 0 aliphatic rings. The van der Waals surface area contributed by atoms with Crippen LogP contribution in [-0.2, 0) is 0 Å². The van der Waals surface area contributed by atoms with E-state index in [1.807, 2.05) is 21.0 Å². The Labute approximate surface area is 56.6 Å². The van der Waals surface area contributed by atoms with Crippen molar-refractivity contribution in [3.8, 4) is 0 Å². The summed E-state index contributed by atoms with van der Waals surface area (Å²) in [5.41, 5.74) is 2.14. The Kier molecular flexibility index (Phi) is 3.60. The van der Waals surface area contributed by atoms with E-state index in [1.165, 1.54) is 0 Å². The van der Waals surface area contributed by atoms with Gasteiger partial charge in [-0.25, -0.2) is 0 Å². The monoisotopic (exact) mass is 126 g/mol. The predicted octanol–water partition coefficient (Wildman–Crippen LogP) is 0.843. The van der Waals surface area contributed by atoms with Crippen LogP contribution in [0.2, 0.25) is 0 Å². The Morgan fingerprint density at radius 2 is 1.89 bits per heavy atom. The van der Waals surface area contributed by atoms with Gasteiger partial charge in [0, 0.05) is 19.8 Å². The Hall–Kier alpha value is -0.920. The third-order valence-electron chi connectivity index (χ3n) is 1.25. The summed E-state index contributed by atoms with van der Waals surface area (Å²) < 4.78 is 0. The van der Waals surface area contributed by atoms with Crippen molar-refractivity contribution >= 4 is 0 Å². The fourth-order valence-corrected chi connectivity index (χ4v) is 0.577. The molecule has 2 heteroatoms. The van der Waals surface area contributed by atoms with Crippen molar-refractivity contribution in [3.63, 3.8) is 0 Å².